The lowest BCUT2D eigenvalue weighted by atomic mass is 9.92. The van der Waals surface area contributed by atoms with Crippen LogP contribution in [0.25, 0.3) is 0 Å². The van der Waals surface area contributed by atoms with E-state index in [0.29, 0.717) is 5.75 Å². The average molecular weight is 253 g/mol. The number of hydrogen-bond donors (Lipinski definition) is 2. The molecule has 0 saturated carbocycles. The van der Waals surface area contributed by atoms with Crippen LogP contribution in [-0.2, 0) is 6.42 Å². The van der Waals surface area contributed by atoms with Crippen molar-refractivity contribution < 1.29 is 5.11 Å². The van der Waals surface area contributed by atoms with Crippen molar-refractivity contribution in [3.05, 3.63) is 64.2 Å². The van der Waals surface area contributed by atoms with E-state index in [9.17, 15) is 5.11 Å². The van der Waals surface area contributed by atoms with Gasteiger partial charge in [-0.25, -0.2) is 0 Å². The van der Waals surface area contributed by atoms with Gasteiger partial charge in [0.25, 0.3) is 0 Å². The zero-order valence-electron chi connectivity index (χ0n) is 11.4. The Morgan fingerprint density at radius 3 is 2.47 bits per heavy atom. The molecular weight excluding hydrogens is 234 g/mol. The maximum absolute atomic E-state index is 10.3. The molecule has 0 radical (unpaired) electrons. The average Bonchev–Trinajstić information content (AvgIpc) is 2.76. The van der Waals surface area contributed by atoms with Gasteiger partial charge in [0.15, 0.2) is 0 Å². The number of aryl methyl sites for hydroxylation is 2. The fourth-order valence-corrected chi connectivity index (χ4v) is 3.25. The molecule has 19 heavy (non-hydrogen) atoms. The predicted octanol–water partition coefficient (Wildman–Crippen LogP) is 3.35. The summed E-state index contributed by atoms with van der Waals surface area (Å²) in [4.78, 5) is 0. The first kappa shape index (κ1) is 12.2. The van der Waals surface area contributed by atoms with Crippen LogP contribution < -0.4 is 5.73 Å². The molecule has 0 aliphatic heterocycles. The number of phenols is 1. The summed E-state index contributed by atoms with van der Waals surface area (Å²) in [6.45, 7) is 4.04. The van der Waals surface area contributed by atoms with Gasteiger partial charge >= 0.3 is 0 Å². The third-order valence-corrected chi connectivity index (χ3v) is 4.28. The SMILES string of the molecule is Cc1cc(C)c2c(c1O)[C@@H](N)[C@@H](c1ccccc1)C2. The number of rotatable bonds is 1. The molecule has 0 aromatic heterocycles. The minimum atomic E-state index is -0.115. The Kier molecular flexibility index (Phi) is 2.83. The minimum Gasteiger partial charge on any atom is -0.507 e. The highest BCUT2D eigenvalue weighted by Crippen LogP contribution is 2.47. The molecule has 2 nitrogen and oxygen atoms in total. The van der Waals surface area contributed by atoms with Crippen LogP contribution in [0, 0.1) is 13.8 Å². The molecule has 0 unspecified atom stereocenters. The van der Waals surface area contributed by atoms with Crippen molar-refractivity contribution in [3.63, 3.8) is 0 Å². The standard InChI is InChI=1S/C17H19NO/c1-10-8-11(2)17(19)15-13(10)9-14(16(15)18)12-6-4-3-5-7-12/h3-8,14,16,19H,9,18H2,1-2H3/t14-,16+/m1/s1. The summed E-state index contributed by atoms with van der Waals surface area (Å²) in [6.07, 6.45) is 0.917. The van der Waals surface area contributed by atoms with Gasteiger partial charge in [0.2, 0.25) is 0 Å². The Balaban J connectivity index is 2.10. The molecule has 98 valence electrons. The number of hydrogen-bond acceptors (Lipinski definition) is 2. The Bertz CT molecular complexity index is 619. The highest BCUT2D eigenvalue weighted by molar-refractivity contribution is 5.55. The fourth-order valence-electron chi connectivity index (χ4n) is 3.25. The first-order valence-electron chi connectivity index (χ1n) is 6.72. The number of benzene rings is 2. The Morgan fingerprint density at radius 2 is 1.79 bits per heavy atom. The van der Waals surface area contributed by atoms with Crippen LogP contribution in [0.2, 0.25) is 0 Å². The third kappa shape index (κ3) is 1.83. The Hall–Kier alpha value is -1.80. The number of aromatic hydroxyl groups is 1. The van der Waals surface area contributed by atoms with Crippen LogP contribution in [0.1, 0.15) is 39.8 Å². The molecule has 3 rings (SSSR count). The van der Waals surface area contributed by atoms with Crippen molar-refractivity contribution >= 4 is 0 Å². The second kappa shape index (κ2) is 4.39. The van der Waals surface area contributed by atoms with Gasteiger partial charge in [0, 0.05) is 17.5 Å². The number of fused-ring (bicyclic) bond motifs is 1. The van der Waals surface area contributed by atoms with Gasteiger partial charge < -0.3 is 10.8 Å². The van der Waals surface area contributed by atoms with Crippen molar-refractivity contribution in [1.29, 1.82) is 0 Å². The zero-order chi connectivity index (χ0) is 13.6. The molecule has 0 amide bonds. The van der Waals surface area contributed by atoms with E-state index in [1.165, 1.54) is 16.7 Å². The summed E-state index contributed by atoms with van der Waals surface area (Å²) >= 11 is 0. The molecule has 2 aromatic rings. The molecule has 0 bridgehead atoms. The van der Waals surface area contributed by atoms with E-state index in [1.54, 1.807) is 0 Å². The molecule has 0 fully saturated rings. The molecule has 0 heterocycles. The maximum Gasteiger partial charge on any atom is 0.123 e. The van der Waals surface area contributed by atoms with E-state index in [4.69, 9.17) is 5.73 Å². The summed E-state index contributed by atoms with van der Waals surface area (Å²) in [5.74, 6) is 0.647. The second-order valence-corrected chi connectivity index (χ2v) is 5.50. The third-order valence-electron chi connectivity index (χ3n) is 4.28. The largest absolute Gasteiger partial charge is 0.507 e. The van der Waals surface area contributed by atoms with Crippen molar-refractivity contribution in [3.8, 4) is 5.75 Å². The van der Waals surface area contributed by atoms with Gasteiger partial charge in [-0.3, -0.25) is 0 Å². The van der Waals surface area contributed by atoms with E-state index in [2.05, 4.69) is 19.1 Å². The van der Waals surface area contributed by atoms with E-state index >= 15 is 0 Å². The smallest absolute Gasteiger partial charge is 0.123 e. The minimum absolute atomic E-state index is 0.115. The van der Waals surface area contributed by atoms with Crippen LogP contribution >= 0.6 is 0 Å². The Morgan fingerprint density at radius 1 is 1.11 bits per heavy atom. The van der Waals surface area contributed by atoms with Gasteiger partial charge in [0.05, 0.1) is 0 Å². The van der Waals surface area contributed by atoms with Gasteiger partial charge in [-0.15, -0.1) is 0 Å². The summed E-state index contributed by atoms with van der Waals surface area (Å²) < 4.78 is 0. The van der Waals surface area contributed by atoms with Crippen molar-refractivity contribution in [2.75, 3.05) is 0 Å². The van der Waals surface area contributed by atoms with Gasteiger partial charge in [-0.1, -0.05) is 36.4 Å². The topological polar surface area (TPSA) is 46.2 Å². The first-order chi connectivity index (χ1) is 9.09. The molecule has 2 heteroatoms. The van der Waals surface area contributed by atoms with Crippen LogP contribution in [0.5, 0.6) is 5.75 Å². The van der Waals surface area contributed by atoms with Crippen molar-refractivity contribution in [2.24, 2.45) is 5.73 Å². The number of nitrogens with two attached hydrogens (primary N) is 1. The fraction of sp³-hybridized carbons (Fsp3) is 0.294. The monoisotopic (exact) mass is 253 g/mol. The molecule has 0 spiro atoms. The summed E-state index contributed by atoms with van der Waals surface area (Å²) in [7, 11) is 0. The van der Waals surface area contributed by atoms with Crippen LogP contribution in [0.15, 0.2) is 36.4 Å². The molecule has 1 aliphatic rings. The second-order valence-electron chi connectivity index (χ2n) is 5.50. The quantitative estimate of drug-likeness (QED) is 0.818. The Labute approximate surface area is 113 Å². The molecule has 2 aromatic carbocycles. The van der Waals surface area contributed by atoms with Crippen molar-refractivity contribution in [1.82, 2.24) is 0 Å². The van der Waals surface area contributed by atoms with Crippen molar-refractivity contribution in [2.45, 2.75) is 32.2 Å². The lowest BCUT2D eigenvalue weighted by Gasteiger charge is -2.17. The predicted molar refractivity (Wildman–Crippen MR) is 77.4 cm³/mol. The molecule has 3 N–H and O–H groups in total. The van der Waals surface area contributed by atoms with E-state index in [0.717, 1.165) is 17.5 Å². The van der Waals surface area contributed by atoms with Crippen LogP contribution in [-0.4, -0.2) is 5.11 Å². The first-order valence-corrected chi connectivity index (χ1v) is 6.72. The van der Waals surface area contributed by atoms with Gasteiger partial charge in [-0.2, -0.15) is 0 Å². The summed E-state index contributed by atoms with van der Waals surface area (Å²) in [5.41, 5.74) is 12.0. The molecular formula is C17H19NO. The summed E-state index contributed by atoms with van der Waals surface area (Å²) in [5, 5.41) is 10.3. The van der Waals surface area contributed by atoms with Crippen LogP contribution in [0.4, 0.5) is 0 Å². The highest BCUT2D eigenvalue weighted by atomic mass is 16.3. The van der Waals surface area contributed by atoms with Gasteiger partial charge in [0.1, 0.15) is 5.75 Å². The zero-order valence-corrected chi connectivity index (χ0v) is 11.4. The van der Waals surface area contributed by atoms with E-state index in [1.807, 2.05) is 31.2 Å². The van der Waals surface area contributed by atoms with E-state index < -0.39 is 0 Å². The number of phenolic OH excluding ortho intramolecular Hbond substituents is 1. The van der Waals surface area contributed by atoms with Gasteiger partial charge in [-0.05, 0) is 42.5 Å². The summed E-state index contributed by atoms with van der Waals surface area (Å²) in [6, 6.07) is 12.3. The molecule has 2 atom stereocenters. The normalized spacial score (nSPS) is 21.4. The maximum atomic E-state index is 10.3. The lowest BCUT2D eigenvalue weighted by molar-refractivity contribution is 0.456. The lowest BCUT2D eigenvalue weighted by Crippen LogP contribution is -2.15. The van der Waals surface area contributed by atoms with E-state index in [-0.39, 0.29) is 12.0 Å². The van der Waals surface area contributed by atoms with Crippen LogP contribution in [0.3, 0.4) is 0 Å². The molecule has 1 aliphatic carbocycles. The molecule has 0 saturated heterocycles. The highest BCUT2D eigenvalue weighted by Gasteiger charge is 2.34.